The molecule has 1 rings (SSSR count). The van der Waals surface area contributed by atoms with Gasteiger partial charge in [0.1, 0.15) is 5.82 Å². The van der Waals surface area contributed by atoms with E-state index in [1.807, 2.05) is 0 Å². The number of esters is 1. The molecule has 4 nitrogen and oxygen atoms in total. The summed E-state index contributed by atoms with van der Waals surface area (Å²) in [6.45, 7) is 0.940. The Balaban J connectivity index is 2.42. The van der Waals surface area contributed by atoms with Crippen molar-refractivity contribution in [2.24, 2.45) is 0 Å². The van der Waals surface area contributed by atoms with Crippen LogP contribution >= 0.6 is 0 Å². The molecule has 1 aromatic rings. The molecule has 5 heteroatoms. The van der Waals surface area contributed by atoms with Gasteiger partial charge in [-0.25, -0.2) is 9.18 Å². The molecule has 0 aliphatic rings. The highest BCUT2D eigenvalue weighted by Gasteiger charge is 2.11. The Kier molecular flexibility index (Phi) is 5.42. The molecule has 0 aliphatic heterocycles. The second kappa shape index (κ2) is 6.85. The summed E-state index contributed by atoms with van der Waals surface area (Å²) in [6.07, 6.45) is 1.54. The van der Waals surface area contributed by atoms with E-state index >= 15 is 0 Å². The van der Waals surface area contributed by atoms with Crippen LogP contribution in [0.2, 0.25) is 0 Å². The van der Waals surface area contributed by atoms with Gasteiger partial charge in [0.15, 0.2) is 0 Å². The molecule has 0 aromatic heterocycles. The lowest BCUT2D eigenvalue weighted by atomic mass is 10.2. The number of carbonyl (C=O) groups excluding carboxylic acids is 1. The first-order valence-corrected chi connectivity index (χ1v) is 5.36. The van der Waals surface area contributed by atoms with Crippen LogP contribution in [0, 0.1) is 5.82 Å². The van der Waals surface area contributed by atoms with Crippen molar-refractivity contribution in [3.05, 3.63) is 29.6 Å². The molecular weight excluding hydrogens is 225 g/mol. The summed E-state index contributed by atoms with van der Waals surface area (Å²) in [5.74, 6) is -1.00. The third-order valence-electron chi connectivity index (χ3n) is 2.21. The zero-order chi connectivity index (χ0) is 12.7. The fourth-order valence-corrected chi connectivity index (χ4v) is 1.31. The molecule has 0 atom stereocenters. The van der Waals surface area contributed by atoms with Gasteiger partial charge in [-0.15, -0.1) is 0 Å². The average Bonchev–Trinajstić information content (AvgIpc) is 2.28. The van der Waals surface area contributed by atoms with Crippen LogP contribution in [0.3, 0.4) is 0 Å². The molecule has 0 bridgehead atoms. The molecule has 0 unspecified atom stereocenters. The maximum absolute atomic E-state index is 12.8. The van der Waals surface area contributed by atoms with E-state index in [-0.39, 0.29) is 11.3 Å². The maximum Gasteiger partial charge on any atom is 0.340 e. The molecule has 0 heterocycles. The standard InChI is InChI=1S/C12H16FNO3/c1-16-6-2-3-7-17-12(15)10-5-4-9(13)8-11(10)14/h4-5,8H,2-3,6-7,14H2,1H3. The number of nitrogen functional groups attached to an aromatic ring is 1. The van der Waals surface area contributed by atoms with Crippen LogP contribution in [0.1, 0.15) is 23.2 Å². The number of anilines is 1. The van der Waals surface area contributed by atoms with Crippen molar-refractivity contribution in [2.75, 3.05) is 26.1 Å². The van der Waals surface area contributed by atoms with Gasteiger partial charge in [0.05, 0.1) is 12.2 Å². The van der Waals surface area contributed by atoms with Crippen molar-refractivity contribution in [1.29, 1.82) is 0 Å². The van der Waals surface area contributed by atoms with Crippen LogP contribution in [0.5, 0.6) is 0 Å². The summed E-state index contributed by atoms with van der Waals surface area (Å²) in [7, 11) is 1.62. The minimum Gasteiger partial charge on any atom is -0.462 e. The van der Waals surface area contributed by atoms with Crippen LogP contribution in [-0.2, 0) is 9.47 Å². The quantitative estimate of drug-likeness (QED) is 0.470. The average molecular weight is 241 g/mol. The largest absolute Gasteiger partial charge is 0.462 e. The normalized spacial score (nSPS) is 10.2. The summed E-state index contributed by atoms with van der Waals surface area (Å²) in [5, 5.41) is 0. The number of hydrogen-bond acceptors (Lipinski definition) is 4. The Labute approximate surface area is 99.5 Å². The first kappa shape index (κ1) is 13.4. The number of ether oxygens (including phenoxy) is 2. The van der Waals surface area contributed by atoms with Gasteiger partial charge < -0.3 is 15.2 Å². The predicted octanol–water partition coefficient (Wildman–Crippen LogP) is 1.99. The number of halogens is 1. The molecule has 94 valence electrons. The van der Waals surface area contributed by atoms with E-state index in [0.29, 0.717) is 13.2 Å². The van der Waals surface area contributed by atoms with E-state index in [2.05, 4.69) is 0 Å². The summed E-state index contributed by atoms with van der Waals surface area (Å²) in [4.78, 5) is 11.6. The van der Waals surface area contributed by atoms with Gasteiger partial charge in [-0.3, -0.25) is 0 Å². The summed E-state index contributed by atoms with van der Waals surface area (Å²) in [6, 6.07) is 3.60. The monoisotopic (exact) mass is 241 g/mol. The molecule has 1 aromatic carbocycles. The van der Waals surface area contributed by atoms with Crippen molar-refractivity contribution in [3.63, 3.8) is 0 Å². The van der Waals surface area contributed by atoms with Gasteiger partial charge in [-0.05, 0) is 31.0 Å². The van der Waals surface area contributed by atoms with Crippen molar-refractivity contribution >= 4 is 11.7 Å². The number of carbonyl (C=O) groups is 1. The van der Waals surface area contributed by atoms with Crippen LogP contribution in [0.25, 0.3) is 0 Å². The summed E-state index contributed by atoms with van der Waals surface area (Å²) in [5.41, 5.74) is 5.80. The van der Waals surface area contributed by atoms with E-state index < -0.39 is 11.8 Å². The fourth-order valence-electron chi connectivity index (χ4n) is 1.31. The Hall–Kier alpha value is -1.62. The van der Waals surface area contributed by atoms with Crippen LogP contribution in [0.15, 0.2) is 18.2 Å². The first-order valence-electron chi connectivity index (χ1n) is 5.36. The van der Waals surface area contributed by atoms with Crippen LogP contribution < -0.4 is 5.73 Å². The molecule has 0 fully saturated rings. The van der Waals surface area contributed by atoms with E-state index in [0.717, 1.165) is 18.9 Å². The van der Waals surface area contributed by atoms with Crippen molar-refractivity contribution < 1.29 is 18.7 Å². The van der Waals surface area contributed by atoms with Crippen molar-refractivity contribution in [3.8, 4) is 0 Å². The van der Waals surface area contributed by atoms with Crippen molar-refractivity contribution in [2.45, 2.75) is 12.8 Å². The molecule has 0 spiro atoms. The van der Waals surface area contributed by atoms with E-state index in [4.69, 9.17) is 15.2 Å². The number of rotatable bonds is 6. The van der Waals surface area contributed by atoms with E-state index in [1.54, 1.807) is 7.11 Å². The second-order valence-electron chi connectivity index (χ2n) is 3.57. The zero-order valence-electron chi connectivity index (χ0n) is 9.74. The number of hydrogen-bond donors (Lipinski definition) is 1. The van der Waals surface area contributed by atoms with Gasteiger partial charge in [-0.2, -0.15) is 0 Å². The van der Waals surface area contributed by atoms with E-state index in [9.17, 15) is 9.18 Å². The Morgan fingerprint density at radius 3 is 2.71 bits per heavy atom. The van der Waals surface area contributed by atoms with Gasteiger partial charge in [0.2, 0.25) is 0 Å². The molecule has 0 saturated carbocycles. The SMILES string of the molecule is COCCCCOC(=O)c1ccc(F)cc1N. The highest BCUT2D eigenvalue weighted by Crippen LogP contribution is 2.14. The minimum absolute atomic E-state index is 0.0897. The Morgan fingerprint density at radius 1 is 1.35 bits per heavy atom. The van der Waals surface area contributed by atoms with Gasteiger partial charge >= 0.3 is 5.97 Å². The van der Waals surface area contributed by atoms with Gasteiger partial charge in [0.25, 0.3) is 0 Å². The summed E-state index contributed by atoms with van der Waals surface area (Å²) < 4.78 is 22.6. The molecule has 2 N–H and O–H groups in total. The Bertz CT molecular complexity index is 382. The lowest BCUT2D eigenvalue weighted by Gasteiger charge is -2.06. The molecule has 0 radical (unpaired) electrons. The third kappa shape index (κ3) is 4.40. The van der Waals surface area contributed by atoms with E-state index in [1.165, 1.54) is 12.1 Å². The van der Waals surface area contributed by atoms with Crippen LogP contribution in [-0.4, -0.2) is 26.3 Å². The Morgan fingerprint density at radius 2 is 2.06 bits per heavy atom. The molecule has 0 amide bonds. The topological polar surface area (TPSA) is 61.5 Å². The lowest BCUT2D eigenvalue weighted by Crippen LogP contribution is -2.09. The number of benzene rings is 1. The lowest BCUT2D eigenvalue weighted by molar-refractivity contribution is 0.0490. The predicted molar refractivity (Wildman–Crippen MR) is 62.2 cm³/mol. The number of methoxy groups -OCH3 is 1. The highest BCUT2D eigenvalue weighted by atomic mass is 19.1. The van der Waals surface area contributed by atoms with Gasteiger partial charge in [0, 0.05) is 19.4 Å². The first-order chi connectivity index (χ1) is 8.15. The third-order valence-corrected chi connectivity index (χ3v) is 2.21. The zero-order valence-corrected chi connectivity index (χ0v) is 9.74. The van der Waals surface area contributed by atoms with Crippen molar-refractivity contribution in [1.82, 2.24) is 0 Å². The molecule has 17 heavy (non-hydrogen) atoms. The van der Waals surface area contributed by atoms with Crippen LogP contribution in [0.4, 0.5) is 10.1 Å². The minimum atomic E-state index is -0.528. The smallest absolute Gasteiger partial charge is 0.340 e. The second-order valence-corrected chi connectivity index (χ2v) is 3.57. The fraction of sp³-hybridized carbons (Fsp3) is 0.417. The number of nitrogens with two attached hydrogens (primary N) is 1. The molecular formula is C12H16FNO3. The molecule has 0 aliphatic carbocycles. The number of unbranched alkanes of at least 4 members (excludes halogenated alkanes) is 1. The summed E-state index contributed by atoms with van der Waals surface area (Å²) >= 11 is 0. The molecule has 0 saturated heterocycles. The highest BCUT2D eigenvalue weighted by molar-refractivity contribution is 5.94. The van der Waals surface area contributed by atoms with Gasteiger partial charge in [-0.1, -0.05) is 0 Å². The maximum atomic E-state index is 12.8.